The van der Waals surface area contributed by atoms with Crippen LogP contribution in [0.5, 0.6) is 0 Å². The van der Waals surface area contributed by atoms with Crippen molar-refractivity contribution in [2.75, 3.05) is 6.54 Å². The Hall–Kier alpha value is -1.35. The number of hydrogen-bond acceptors (Lipinski definition) is 2. The predicted molar refractivity (Wildman–Crippen MR) is 84.6 cm³/mol. The van der Waals surface area contributed by atoms with E-state index >= 15 is 0 Å². The molecule has 0 aliphatic rings. The van der Waals surface area contributed by atoms with E-state index in [1.54, 1.807) is 0 Å². The molecule has 3 N–H and O–H groups in total. The SMILES string of the molecule is Cc1ccc(CCCC(=O)NC(CN)CC(C)C)cc1. The minimum Gasteiger partial charge on any atom is -0.352 e. The summed E-state index contributed by atoms with van der Waals surface area (Å²) in [5, 5.41) is 3.03. The largest absolute Gasteiger partial charge is 0.352 e. The Morgan fingerprint density at radius 3 is 2.45 bits per heavy atom. The number of rotatable bonds is 8. The molecule has 1 unspecified atom stereocenters. The van der Waals surface area contributed by atoms with E-state index in [4.69, 9.17) is 5.73 Å². The predicted octanol–water partition coefficient (Wildman–Crippen LogP) is 2.81. The van der Waals surface area contributed by atoms with Crippen molar-refractivity contribution in [1.82, 2.24) is 5.32 Å². The normalized spacial score (nSPS) is 12.4. The van der Waals surface area contributed by atoms with Gasteiger partial charge in [0.1, 0.15) is 0 Å². The molecule has 1 aromatic carbocycles. The van der Waals surface area contributed by atoms with E-state index in [2.05, 4.69) is 50.4 Å². The average Bonchev–Trinajstić information content (AvgIpc) is 2.39. The zero-order valence-corrected chi connectivity index (χ0v) is 13.0. The number of aryl methyl sites for hydroxylation is 2. The van der Waals surface area contributed by atoms with Crippen LogP contribution in [0.3, 0.4) is 0 Å². The molecule has 0 heterocycles. The molecule has 1 amide bonds. The first-order chi connectivity index (χ1) is 9.51. The van der Waals surface area contributed by atoms with E-state index in [1.165, 1.54) is 11.1 Å². The summed E-state index contributed by atoms with van der Waals surface area (Å²) >= 11 is 0. The lowest BCUT2D eigenvalue weighted by Gasteiger charge is -2.18. The van der Waals surface area contributed by atoms with Gasteiger partial charge in [-0.3, -0.25) is 4.79 Å². The second kappa shape index (κ2) is 8.75. The molecule has 1 atom stereocenters. The lowest BCUT2D eigenvalue weighted by Crippen LogP contribution is -2.40. The summed E-state index contributed by atoms with van der Waals surface area (Å²) in [4.78, 5) is 11.9. The lowest BCUT2D eigenvalue weighted by atomic mass is 10.0. The summed E-state index contributed by atoms with van der Waals surface area (Å²) in [7, 11) is 0. The second-order valence-corrected chi connectivity index (χ2v) is 5.97. The molecule has 0 saturated carbocycles. The fraction of sp³-hybridized carbons (Fsp3) is 0.588. The van der Waals surface area contributed by atoms with Crippen molar-refractivity contribution in [2.24, 2.45) is 11.7 Å². The smallest absolute Gasteiger partial charge is 0.220 e. The molecule has 0 bridgehead atoms. The molecule has 3 nitrogen and oxygen atoms in total. The zero-order valence-electron chi connectivity index (χ0n) is 13.0. The van der Waals surface area contributed by atoms with Crippen LogP contribution < -0.4 is 11.1 Å². The maximum Gasteiger partial charge on any atom is 0.220 e. The lowest BCUT2D eigenvalue weighted by molar-refractivity contribution is -0.121. The minimum atomic E-state index is 0.113. The topological polar surface area (TPSA) is 55.1 Å². The van der Waals surface area contributed by atoms with Gasteiger partial charge in [-0.15, -0.1) is 0 Å². The minimum absolute atomic E-state index is 0.113. The van der Waals surface area contributed by atoms with Gasteiger partial charge >= 0.3 is 0 Å². The molecule has 0 spiro atoms. The highest BCUT2D eigenvalue weighted by Crippen LogP contribution is 2.08. The highest BCUT2D eigenvalue weighted by molar-refractivity contribution is 5.76. The number of nitrogens with one attached hydrogen (secondary N) is 1. The molecule has 0 saturated heterocycles. The van der Waals surface area contributed by atoms with Gasteiger partial charge in [0.2, 0.25) is 5.91 Å². The number of benzene rings is 1. The third-order valence-electron chi connectivity index (χ3n) is 3.40. The Morgan fingerprint density at radius 1 is 1.25 bits per heavy atom. The van der Waals surface area contributed by atoms with Crippen molar-refractivity contribution < 1.29 is 4.79 Å². The monoisotopic (exact) mass is 276 g/mol. The molecule has 0 fully saturated rings. The molecule has 0 aromatic heterocycles. The highest BCUT2D eigenvalue weighted by Gasteiger charge is 2.11. The molecule has 1 rings (SSSR count). The molecule has 0 radical (unpaired) electrons. The Morgan fingerprint density at radius 2 is 1.90 bits per heavy atom. The van der Waals surface area contributed by atoms with Crippen LogP contribution in [0.25, 0.3) is 0 Å². The van der Waals surface area contributed by atoms with E-state index in [-0.39, 0.29) is 11.9 Å². The van der Waals surface area contributed by atoms with Crippen LogP contribution >= 0.6 is 0 Å². The summed E-state index contributed by atoms with van der Waals surface area (Å²) in [5.74, 6) is 0.671. The molecule has 0 aliphatic heterocycles. The van der Waals surface area contributed by atoms with Crippen LogP contribution in [-0.2, 0) is 11.2 Å². The fourth-order valence-electron chi connectivity index (χ4n) is 2.29. The first-order valence-electron chi connectivity index (χ1n) is 7.56. The number of nitrogens with two attached hydrogens (primary N) is 1. The number of carbonyl (C=O) groups excluding carboxylic acids is 1. The van der Waals surface area contributed by atoms with Crippen LogP contribution in [-0.4, -0.2) is 18.5 Å². The van der Waals surface area contributed by atoms with E-state index in [9.17, 15) is 4.79 Å². The third-order valence-corrected chi connectivity index (χ3v) is 3.40. The number of carbonyl (C=O) groups is 1. The average molecular weight is 276 g/mol. The van der Waals surface area contributed by atoms with Gasteiger partial charge in [0.25, 0.3) is 0 Å². The van der Waals surface area contributed by atoms with E-state index in [0.717, 1.165) is 19.3 Å². The van der Waals surface area contributed by atoms with Gasteiger partial charge in [-0.2, -0.15) is 0 Å². The quantitative estimate of drug-likeness (QED) is 0.767. The van der Waals surface area contributed by atoms with Crippen molar-refractivity contribution in [3.8, 4) is 0 Å². The maximum atomic E-state index is 11.9. The Kier molecular flexibility index (Phi) is 7.31. The van der Waals surface area contributed by atoms with Crippen LogP contribution in [0.4, 0.5) is 0 Å². The van der Waals surface area contributed by atoms with Gasteiger partial charge < -0.3 is 11.1 Å². The molecule has 112 valence electrons. The Bertz CT molecular complexity index is 398. The summed E-state index contributed by atoms with van der Waals surface area (Å²) in [6.07, 6.45) is 3.35. The first-order valence-corrected chi connectivity index (χ1v) is 7.56. The second-order valence-electron chi connectivity index (χ2n) is 5.97. The van der Waals surface area contributed by atoms with Gasteiger partial charge in [0.15, 0.2) is 0 Å². The van der Waals surface area contributed by atoms with E-state index < -0.39 is 0 Å². The summed E-state index contributed by atoms with van der Waals surface area (Å²) in [6, 6.07) is 8.61. The fourth-order valence-corrected chi connectivity index (χ4v) is 2.29. The van der Waals surface area contributed by atoms with Gasteiger partial charge in [-0.1, -0.05) is 43.7 Å². The number of hydrogen-bond donors (Lipinski definition) is 2. The molecular formula is C17H28N2O. The highest BCUT2D eigenvalue weighted by atomic mass is 16.1. The van der Waals surface area contributed by atoms with Crippen LogP contribution in [0.2, 0.25) is 0 Å². The summed E-state index contributed by atoms with van der Waals surface area (Å²) in [5.41, 5.74) is 8.25. The van der Waals surface area contributed by atoms with Crippen molar-refractivity contribution in [3.63, 3.8) is 0 Å². The Labute approximate surface area is 122 Å². The molecule has 3 heteroatoms. The molecule has 1 aromatic rings. The standard InChI is InChI=1S/C17H28N2O/c1-13(2)11-16(12-18)19-17(20)6-4-5-15-9-7-14(3)8-10-15/h7-10,13,16H,4-6,11-12,18H2,1-3H3,(H,19,20). The summed E-state index contributed by atoms with van der Waals surface area (Å²) in [6.45, 7) is 6.89. The number of amides is 1. The van der Waals surface area contributed by atoms with Crippen LogP contribution in [0, 0.1) is 12.8 Å². The zero-order chi connectivity index (χ0) is 15.0. The van der Waals surface area contributed by atoms with Crippen molar-refractivity contribution >= 4 is 5.91 Å². The van der Waals surface area contributed by atoms with Crippen LogP contribution in [0.15, 0.2) is 24.3 Å². The third kappa shape index (κ3) is 6.71. The maximum absolute atomic E-state index is 11.9. The van der Waals surface area contributed by atoms with Crippen molar-refractivity contribution in [3.05, 3.63) is 35.4 Å². The van der Waals surface area contributed by atoms with Crippen LogP contribution in [0.1, 0.15) is 44.2 Å². The van der Waals surface area contributed by atoms with Crippen molar-refractivity contribution in [2.45, 2.75) is 52.5 Å². The Balaban J connectivity index is 2.27. The molecule has 20 heavy (non-hydrogen) atoms. The van der Waals surface area contributed by atoms with Gasteiger partial charge in [0.05, 0.1) is 0 Å². The van der Waals surface area contributed by atoms with Gasteiger partial charge in [0, 0.05) is 19.0 Å². The molecule has 0 aliphatic carbocycles. The van der Waals surface area contributed by atoms with E-state index in [1.807, 2.05) is 0 Å². The molecular weight excluding hydrogens is 248 g/mol. The van der Waals surface area contributed by atoms with Crippen molar-refractivity contribution in [1.29, 1.82) is 0 Å². The first kappa shape index (κ1) is 16.7. The van der Waals surface area contributed by atoms with Gasteiger partial charge in [-0.25, -0.2) is 0 Å². The van der Waals surface area contributed by atoms with Gasteiger partial charge in [-0.05, 0) is 37.7 Å². The summed E-state index contributed by atoms with van der Waals surface area (Å²) < 4.78 is 0. The van der Waals surface area contributed by atoms with E-state index in [0.29, 0.717) is 18.9 Å².